The third-order valence-corrected chi connectivity index (χ3v) is 5.10. The molecule has 0 radical (unpaired) electrons. The molecule has 7 nitrogen and oxygen atoms in total. The summed E-state index contributed by atoms with van der Waals surface area (Å²) in [5.41, 5.74) is -0.519. The number of hydrogen-bond donors (Lipinski definition) is 2. The highest BCUT2D eigenvalue weighted by molar-refractivity contribution is 7.89. The van der Waals surface area contributed by atoms with Gasteiger partial charge in [0.25, 0.3) is 5.69 Å². The minimum absolute atomic E-state index is 0.121. The zero-order chi connectivity index (χ0) is 15.5. The second kappa shape index (κ2) is 6.69. The van der Waals surface area contributed by atoms with Crippen molar-refractivity contribution in [3.05, 3.63) is 33.3 Å². The van der Waals surface area contributed by atoms with Crippen LogP contribution in [0.1, 0.15) is 19.3 Å². The Balaban J connectivity index is 2.09. The van der Waals surface area contributed by atoms with Crippen LogP contribution in [0.3, 0.4) is 0 Å². The van der Waals surface area contributed by atoms with E-state index in [1.54, 1.807) is 0 Å². The van der Waals surface area contributed by atoms with E-state index < -0.39 is 20.6 Å². The molecule has 1 heterocycles. The number of hydrogen-bond acceptors (Lipinski definition) is 5. The van der Waals surface area contributed by atoms with Crippen molar-refractivity contribution >= 4 is 27.3 Å². The lowest BCUT2D eigenvalue weighted by molar-refractivity contribution is -0.387. The summed E-state index contributed by atoms with van der Waals surface area (Å²) in [6, 6.07) is 3.81. The second-order valence-corrected chi connectivity index (χ2v) is 7.02. The maximum absolute atomic E-state index is 12.2. The molecule has 1 aliphatic rings. The third kappa shape index (κ3) is 4.13. The lowest BCUT2D eigenvalue weighted by Gasteiger charge is -2.11. The molecule has 2 N–H and O–H groups in total. The fraction of sp³-hybridized carbons (Fsp3) is 0.500. The van der Waals surface area contributed by atoms with Crippen molar-refractivity contribution < 1.29 is 13.3 Å². The van der Waals surface area contributed by atoms with Gasteiger partial charge in [-0.05, 0) is 37.9 Å². The maximum Gasteiger partial charge on any atom is 0.290 e. The molecule has 0 amide bonds. The monoisotopic (exact) mass is 333 g/mol. The molecule has 0 saturated carbocycles. The van der Waals surface area contributed by atoms with Gasteiger partial charge in [0.15, 0.2) is 4.90 Å². The average Bonchev–Trinajstić information content (AvgIpc) is 2.91. The van der Waals surface area contributed by atoms with E-state index in [2.05, 4.69) is 10.0 Å². The topological polar surface area (TPSA) is 101 Å². The van der Waals surface area contributed by atoms with Gasteiger partial charge in [-0.25, -0.2) is 13.1 Å². The molecule has 0 bridgehead atoms. The Morgan fingerprint density at radius 2 is 2.24 bits per heavy atom. The standard InChI is InChI=1S/C12H16ClN3O4S/c13-9-3-4-12(11(8-9)16(17)18)21(19,20)15-7-5-10-2-1-6-14-10/h3-4,8,10,14-15H,1-2,5-7H2. The van der Waals surface area contributed by atoms with E-state index in [1.165, 1.54) is 6.07 Å². The van der Waals surface area contributed by atoms with Gasteiger partial charge in [-0.3, -0.25) is 10.1 Å². The number of nitro groups is 1. The van der Waals surface area contributed by atoms with Crippen LogP contribution >= 0.6 is 11.6 Å². The van der Waals surface area contributed by atoms with Crippen molar-refractivity contribution in [1.82, 2.24) is 10.0 Å². The molecule has 1 aromatic rings. The van der Waals surface area contributed by atoms with Crippen molar-refractivity contribution in [2.75, 3.05) is 13.1 Å². The molecule has 1 atom stereocenters. The van der Waals surface area contributed by atoms with E-state index in [9.17, 15) is 18.5 Å². The molecule has 0 aromatic heterocycles. The van der Waals surface area contributed by atoms with E-state index in [0.29, 0.717) is 12.5 Å². The van der Waals surface area contributed by atoms with Crippen molar-refractivity contribution in [2.24, 2.45) is 0 Å². The first-order chi connectivity index (χ1) is 9.90. The summed E-state index contributed by atoms with van der Waals surface area (Å²) in [4.78, 5) is 9.83. The number of sulfonamides is 1. The van der Waals surface area contributed by atoms with E-state index in [0.717, 1.165) is 31.5 Å². The lowest BCUT2D eigenvalue weighted by atomic mass is 10.2. The van der Waals surface area contributed by atoms with Crippen LogP contribution in [0, 0.1) is 10.1 Å². The van der Waals surface area contributed by atoms with Gasteiger partial charge in [0.05, 0.1) is 4.92 Å². The zero-order valence-corrected chi connectivity index (χ0v) is 12.8. The quantitative estimate of drug-likeness (QED) is 0.609. The predicted octanol–water partition coefficient (Wildman–Crippen LogP) is 1.67. The van der Waals surface area contributed by atoms with Crippen molar-refractivity contribution in [2.45, 2.75) is 30.2 Å². The van der Waals surface area contributed by atoms with Crippen molar-refractivity contribution in [1.29, 1.82) is 0 Å². The van der Waals surface area contributed by atoms with Crippen LogP contribution in [0.25, 0.3) is 0 Å². The Labute approximate surface area is 127 Å². The van der Waals surface area contributed by atoms with Crippen LogP contribution < -0.4 is 10.0 Å². The molecule has 1 saturated heterocycles. The first kappa shape index (κ1) is 16.2. The molecule has 0 aliphatic carbocycles. The smallest absolute Gasteiger partial charge is 0.290 e. The van der Waals surface area contributed by atoms with E-state index in [4.69, 9.17) is 11.6 Å². The summed E-state index contributed by atoms with van der Waals surface area (Å²) in [6.07, 6.45) is 2.75. The Bertz CT molecular complexity index is 629. The van der Waals surface area contributed by atoms with Gasteiger partial charge in [-0.2, -0.15) is 0 Å². The molecule has 2 rings (SSSR count). The minimum Gasteiger partial charge on any atom is -0.314 e. The van der Waals surface area contributed by atoms with Crippen molar-refractivity contribution in [3.63, 3.8) is 0 Å². The zero-order valence-electron chi connectivity index (χ0n) is 11.2. The SMILES string of the molecule is O=[N+]([O-])c1cc(Cl)ccc1S(=O)(=O)NCCC1CCCN1. The Morgan fingerprint density at radius 3 is 2.86 bits per heavy atom. The van der Waals surface area contributed by atoms with E-state index in [1.807, 2.05) is 0 Å². The highest BCUT2D eigenvalue weighted by atomic mass is 35.5. The molecular weight excluding hydrogens is 318 g/mol. The number of nitrogens with one attached hydrogen (secondary N) is 2. The third-order valence-electron chi connectivity index (χ3n) is 3.35. The number of rotatable bonds is 6. The first-order valence-corrected chi connectivity index (χ1v) is 8.43. The normalized spacial score (nSPS) is 18.8. The molecule has 1 unspecified atom stereocenters. The van der Waals surface area contributed by atoms with Gasteiger partial charge < -0.3 is 5.32 Å². The fourth-order valence-corrected chi connectivity index (χ4v) is 3.67. The first-order valence-electron chi connectivity index (χ1n) is 6.57. The van der Waals surface area contributed by atoms with E-state index >= 15 is 0 Å². The van der Waals surface area contributed by atoms with Gasteiger partial charge in [0, 0.05) is 23.7 Å². The number of nitrogens with zero attached hydrogens (tertiary/aromatic N) is 1. The summed E-state index contributed by atoms with van der Waals surface area (Å²) in [5, 5.41) is 14.3. The summed E-state index contributed by atoms with van der Waals surface area (Å²) in [5.74, 6) is 0. The predicted molar refractivity (Wildman–Crippen MR) is 78.9 cm³/mol. The molecule has 116 valence electrons. The minimum atomic E-state index is -3.92. The maximum atomic E-state index is 12.2. The molecule has 21 heavy (non-hydrogen) atoms. The average molecular weight is 334 g/mol. The Morgan fingerprint density at radius 1 is 1.48 bits per heavy atom. The van der Waals surface area contributed by atoms with E-state index in [-0.39, 0.29) is 16.5 Å². The largest absolute Gasteiger partial charge is 0.314 e. The van der Waals surface area contributed by atoms with Gasteiger partial charge in [0.2, 0.25) is 10.0 Å². The van der Waals surface area contributed by atoms with Gasteiger partial charge in [0.1, 0.15) is 0 Å². The fourth-order valence-electron chi connectivity index (χ4n) is 2.31. The summed E-state index contributed by atoms with van der Waals surface area (Å²) < 4.78 is 26.7. The van der Waals surface area contributed by atoms with Gasteiger partial charge in [-0.15, -0.1) is 0 Å². The molecule has 0 spiro atoms. The number of nitro benzene ring substituents is 1. The van der Waals surface area contributed by atoms with Crippen LogP contribution in [-0.2, 0) is 10.0 Å². The number of benzene rings is 1. The summed E-state index contributed by atoms with van der Waals surface area (Å²) in [6.45, 7) is 1.18. The lowest BCUT2D eigenvalue weighted by Crippen LogP contribution is -2.31. The van der Waals surface area contributed by atoms with Crippen LogP contribution in [0.4, 0.5) is 5.69 Å². The van der Waals surface area contributed by atoms with Crippen LogP contribution in [0.2, 0.25) is 5.02 Å². The summed E-state index contributed by atoms with van der Waals surface area (Å²) in [7, 11) is -3.92. The number of halogens is 1. The van der Waals surface area contributed by atoms with Crippen molar-refractivity contribution in [3.8, 4) is 0 Å². The van der Waals surface area contributed by atoms with Crippen LogP contribution in [-0.4, -0.2) is 32.5 Å². The van der Waals surface area contributed by atoms with Gasteiger partial charge in [-0.1, -0.05) is 11.6 Å². The summed E-state index contributed by atoms with van der Waals surface area (Å²) >= 11 is 5.67. The molecular formula is C12H16ClN3O4S. The highest BCUT2D eigenvalue weighted by Crippen LogP contribution is 2.27. The van der Waals surface area contributed by atoms with Crippen LogP contribution in [0.15, 0.2) is 23.1 Å². The molecule has 9 heteroatoms. The highest BCUT2D eigenvalue weighted by Gasteiger charge is 2.26. The molecule has 1 aromatic carbocycles. The van der Waals surface area contributed by atoms with Crippen LogP contribution in [0.5, 0.6) is 0 Å². The Hall–Kier alpha value is -1.22. The molecule has 1 aliphatic heterocycles. The Kier molecular flexibility index (Phi) is 5.15. The second-order valence-electron chi connectivity index (χ2n) is 4.85. The van der Waals surface area contributed by atoms with Gasteiger partial charge >= 0.3 is 0 Å². The molecule has 1 fully saturated rings.